The van der Waals surface area contributed by atoms with Crippen molar-refractivity contribution in [3.63, 3.8) is 0 Å². The number of benzene rings is 1. The van der Waals surface area contributed by atoms with Gasteiger partial charge in [0.15, 0.2) is 5.78 Å². The molecule has 2 atom stereocenters. The Morgan fingerprint density at radius 3 is 2.50 bits per heavy atom. The Hall–Kier alpha value is -1.77. The Kier molecular flexibility index (Phi) is 3.82. The lowest BCUT2D eigenvalue weighted by atomic mass is 9.51. The van der Waals surface area contributed by atoms with Gasteiger partial charge in [-0.25, -0.2) is 0 Å². The van der Waals surface area contributed by atoms with E-state index in [1.54, 1.807) is 19.3 Å². The molecular weight excluding hydrogens is 300 g/mol. The van der Waals surface area contributed by atoms with Gasteiger partial charge in [-0.3, -0.25) is 4.79 Å². The van der Waals surface area contributed by atoms with Crippen molar-refractivity contribution in [3.8, 4) is 5.75 Å². The molecule has 24 heavy (non-hydrogen) atoms. The van der Waals surface area contributed by atoms with Crippen LogP contribution in [0.3, 0.4) is 0 Å². The number of ether oxygens (including phenoxy) is 1. The van der Waals surface area contributed by atoms with Crippen molar-refractivity contribution >= 4 is 5.78 Å². The van der Waals surface area contributed by atoms with Gasteiger partial charge in [0.2, 0.25) is 0 Å². The smallest absolute Gasteiger partial charge is 0.169 e. The van der Waals surface area contributed by atoms with Gasteiger partial charge in [-0.1, -0.05) is 33.8 Å². The van der Waals surface area contributed by atoms with Crippen LogP contribution in [0, 0.1) is 11.3 Å². The average Bonchev–Trinajstić information content (AvgIpc) is 2.50. The van der Waals surface area contributed by atoms with Gasteiger partial charge in [-0.15, -0.1) is 0 Å². The summed E-state index contributed by atoms with van der Waals surface area (Å²) >= 11 is 0. The van der Waals surface area contributed by atoms with Crippen molar-refractivity contribution in [1.29, 1.82) is 0 Å². The highest BCUT2D eigenvalue weighted by molar-refractivity contribution is 6.01. The van der Waals surface area contributed by atoms with E-state index in [-0.39, 0.29) is 23.0 Å². The number of carbonyl (C=O) groups is 1. The molecule has 3 rings (SSSR count). The molecule has 0 aromatic heterocycles. The monoisotopic (exact) mass is 328 g/mol. The van der Waals surface area contributed by atoms with Gasteiger partial charge in [-0.2, -0.15) is 0 Å². The number of phenols is 1. The minimum Gasteiger partial charge on any atom is -0.508 e. The second-order valence-corrected chi connectivity index (χ2v) is 8.27. The molecule has 0 heterocycles. The van der Waals surface area contributed by atoms with Crippen LogP contribution >= 0.6 is 0 Å². The molecule has 0 radical (unpaired) electrons. The molecule has 0 amide bonds. The van der Waals surface area contributed by atoms with Crippen molar-refractivity contribution in [2.75, 3.05) is 7.11 Å². The summed E-state index contributed by atoms with van der Waals surface area (Å²) < 4.78 is 5.54. The number of aromatic hydroxyl groups is 1. The lowest BCUT2D eigenvalue weighted by Gasteiger charge is -2.52. The van der Waals surface area contributed by atoms with Crippen LogP contribution in [0.5, 0.6) is 5.75 Å². The van der Waals surface area contributed by atoms with Crippen molar-refractivity contribution in [2.45, 2.75) is 58.8 Å². The Balaban J connectivity index is 2.27. The molecule has 3 heteroatoms. The molecule has 0 aliphatic heterocycles. The number of fused-ring (bicyclic) bond motifs is 3. The highest BCUT2D eigenvalue weighted by Crippen LogP contribution is 2.57. The fourth-order valence-corrected chi connectivity index (χ4v) is 5.15. The number of methoxy groups -OCH3 is 1. The molecule has 0 saturated heterocycles. The standard InChI is InChI=1S/C21H28O3/c1-12(2)19-13-7-10-16-20(3,4)18(24-6)11-17(23)21(16,5)14(13)8-9-15(19)22/h8-9,11-12,16,22H,7,10H2,1-6H3/t16-,21+/m0/s1. The summed E-state index contributed by atoms with van der Waals surface area (Å²) in [5, 5.41) is 10.3. The van der Waals surface area contributed by atoms with Gasteiger partial charge in [0, 0.05) is 11.5 Å². The molecule has 0 fully saturated rings. The fraction of sp³-hybridized carbons (Fsp3) is 0.571. The zero-order valence-corrected chi connectivity index (χ0v) is 15.6. The number of ketones is 1. The SMILES string of the molecule is COC1=CC(=O)[C@]2(C)c3ccc(O)c(C(C)C)c3CC[C@H]2C1(C)C. The van der Waals surface area contributed by atoms with Crippen molar-refractivity contribution < 1.29 is 14.6 Å². The van der Waals surface area contributed by atoms with E-state index in [2.05, 4.69) is 34.6 Å². The van der Waals surface area contributed by atoms with Crippen molar-refractivity contribution in [1.82, 2.24) is 0 Å². The van der Waals surface area contributed by atoms with Gasteiger partial charge in [-0.05, 0) is 54.4 Å². The zero-order valence-electron chi connectivity index (χ0n) is 15.6. The number of rotatable bonds is 2. The molecule has 2 aliphatic rings. The first-order valence-electron chi connectivity index (χ1n) is 8.81. The summed E-state index contributed by atoms with van der Waals surface area (Å²) in [6.07, 6.45) is 3.50. The van der Waals surface area contributed by atoms with Gasteiger partial charge in [0.1, 0.15) is 11.5 Å². The summed E-state index contributed by atoms with van der Waals surface area (Å²) in [6, 6.07) is 3.72. The van der Waals surface area contributed by atoms with Gasteiger partial charge >= 0.3 is 0 Å². The van der Waals surface area contributed by atoms with Gasteiger partial charge in [0.05, 0.1) is 12.5 Å². The van der Waals surface area contributed by atoms with Crippen LogP contribution in [0.15, 0.2) is 24.0 Å². The molecule has 3 nitrogen and oxygen atoms in total. The Morgan fingerprint density at radius 1 is 1.25 bits per heavy atom. The number of allylic oxidation sites excluding steroid dienone is 2. The van der Waals surface area contributed by atoms with Gasteiger partial charge < -0.3 is 9.84 Å². The van der Waals surface area contributed by atoms with E-state index in [0.29, 0.717) is 5.75 Å². The molecule has 0 bridgehead atoms. The van der Waals surface area contributed by atoms with Crippen molar-refractivity contribution in [3.05, 3.63) is 40.7 Å². The van der Waals surface area contributed by atoms with Gasteiger partial charge in [0.25, 0.3) is 0 Å². The molecule has 2 aliphatic carbocycles. The first kappa shape index (κ1) is 17.1. The third-order valence-electron chi connectivity index (χ3n) is 6.35. The van der Waals surface area contributed by atoms with E-state index in [1.165, 1.54) is 5.56 Å². The minimum absolute atomic E-state index is 0.116. The second-order valence-electron chi connectivity index (χ2n) is 8.27. The van der Waals surface area contributed by atoms with Crippen LogP contribution in [0.25, 0.3) is 0 Å². The molecule has 130 valence electrons. The fourth-order valence-electron chi connectivity index (χ4n) is 5.15. The third kappa shape index (κ3) is 2.06. The highest BCUT2D eigenvalue weighted by atomic mass is 16.5. The van der Waals surface area contributed by atoms with Crippen molar-refractivity contribution in [2.24, 2.45) is 11.3 Å². The van der Waals surface area contributed by atoms with Crippen LogP contribution in [0.2, 0.25) is 0 Å². The van der Waals surface area contributed by atoms with E-state index in [1.807, 2.05) is 6.07 Å². The molecule has 1 aromatic rings. The quantitative estimate of drug-likeness (QED) is 0.871. The summed E-state index contributed by atoms with van der Waals surface area (Å²) in [5.74, 6) is 1.67. The molecule has 1 aromatic carbocycles. The van der Waals surface area contributed by atoms with E-state index in [0.717, 1.165) is 29.7 Å². The molecular formula is C21H28O3. The number of hydrogen-bond donors (Lipinski definition) is 1. The predicted octanol–water partition coefficient (Wildman–Crippen LogP) is 4.47. The normalized spacial score (nSPS) is 28.2. The van der Waals surface area contributed by atoms with Crippen LogP contribution in [0.1, 0.15) is 63.6 Å². The second kappa shape index (κ2) is 5.37. The van der Waals surface area contributed by atoms with E-state index in [4.69, 9.17) is 4.74 Å². The minimum atomic E-state index is -0.559. The van der Waals surface area contributed by atoms with E-state index < -0.39 is 5.41 Å². The highest BCUT2D eigenvalue weighted by Gasteiger charge is 2.56. The van der Waals surface area contributed by atoms with Crippen LogP contribution in [0.4, 0.5) is 0 Å². The number of phenolic OH excluding ortho intramolecular Hbond substituents is 1. The predicted molar refractivity (Wildman–Crippen MR) is 95.2 cm³/mol. The molecule has 0 spiro atoms. The third-order valence-corrected chi connectivity index (χ3v) is 6.35. The maximum absolute atomic E-state index is 13.1. The number of hydrogen-bond acceptors (Lipinski definition) is 3. The Labute approximate surface area is 144 Å². The molecule has 1 N–H and O–H groups in total. The van der Waals surface area contributed by atoms with Crippen LogP contribution in [-0.2, 0) is 21.4 Å². The molecule has 0 unspecified atom stereocenters. The Bertz CT molecular complexity index is 727. The lowest BCUT2D eigenvalue weighted by molar-refractivity contribution is -0.126. The molecule has 0 saturated carbocycles. The maximum atomic E-state index is 13.1. The topological polar surface area (TPSA) is 46.5 Å². The summed E-state index contributed by atoms with van der Waals surface area (Å²) in [7, 11) is 1.65. The maximum Gasteiger partial charge on any atom is 0.169 e. The van der Waals surface area contributed by atoms with Crippen LogP contribution < -0.4 is 0 Å². The summed E-state index contributed by atoms with van der Waals surface area (Å²) in [6.45, 7) is 10.6. The largest absolute Gasteiger partial charge is 0.508 e. The number of carbonyl (C=O) groups excluding carboxylic acids is 1. The zero-order chi connectivity index (χ0) is 17.9. The average molecular weight is 328 g/mol. The first-order valence-corrected chi connectivity index (χ1v) is 8.81. The lowest BCUT2D eigenvalue weighted by Crippen LogP contribution is -2.53. The van der Waals surface area contributed by atoms with E-state index >= 15 is 0 Å². The Morgan fingerprint density at radius 2 is 1.92 bits per heavy atom. The summed E-state index contributed by atoms with van der Waals surface area (Å²) in [4.78, 5) is 13.1. The first-order chi connectivity index (χ1) is 11.2. The van der Waals surface area contributed by atoms with E-state index in [9.17, 15) is 9.90 Å². The van der Waals surface area contributed by atoms with Crippen LogP contribution in [-0.4, -0.2) is 18.0 Å². The summed E-state index contributed by atoms with van der Waals surface area (Å²) in [5.41, 5.74) is 2.51.